The zero-order valence-corrected chi connectivity index (χ0v) is 19.3. The number of aliphatic carboxylic acids is 2. The summed E-state index contributed by atoms with van der Waals surface area (Å²) in [4.78, 5) is 45.5. The van der Waals surface area contributed by atoms with Gasteiger partial charge in [0, 0.05) is 0 Å². The maximum absolute atomic E-state index is 11.8. The van der Waals surface area contributed by atoms with Crippen LogP contribution in [-0.2, 0) is 28.7 Å². The fraction of sp³-hybridized carbons (Fsp3) is 0.818. The highest BCUT2D eigenvalue weighted by Gasteiger charge is 2.59. The Hall–Kier alpha value is -2.12. The van der Waals surface area contributed by atoms with Gasteiger partial charge < -0.3 is 19.7 Å². The largest absolute Gasteiger partial charge is 0.481 e. The van der Waals surface area contributed by atoms with E-state index >= 15 is 0 Å². The van der Waals surface area contributed by atoms with Crippen LogP contribution in [0.25, 0.3) is 0 Å². The van der Waals surface area contributed by atoms with Crippen molar-refractivity contribution in [1.29, 1.82) is 0 Å². The van der Waals surface area contributed by atoms with Crippen LogP contribution in [0.2, 0.25) is 0 Å². The van der Waals surface area contributed by atoms with Gasteiger partial charge in [-0.05, 0) is 50.4 Å². The van der Waals surface area contributed by atoms with E-state index in [4.69, 9.17) is 19.7 Å². The summed E-state index contributed by atoms with van der Waals surface area (Å²) in [5, 5.41) is 18.1. The first-order valence-electron chi connectivity index (χ1n) is 10.2. The van der Waals surface area contributed by atoms with Gasteiger partial charge in [0.15, 0.2) is 0 Å². The molecule has 8 nitrogen and oxygen atoms in total. The number of carboxylic acid groups (broad SMARTS) is 2. The standard InChI is InChI=1S/C12H20O4.C10H16O4/c1-11(2)8(9(13)15-4)6-7-12(11,3)10(14)16-5;1-9(2)6(7(11)12)4-5-10(9,3)8(13)14/h8H,6-7H2,1-5H3;6H,4-5H2,1-3H3,(H,11,12)(H,13,14)/t8-,12+;6-,10+/m00/s1. The Labute approximate surface area is 178 Å². The molecule has 4 atom stereocenters. The maximum atomic E-state index is 11.8. The van der Waals surface area contributed by atoms with Crippen molar-refractivity contribution in [3.05, 3.63) is 0 Å². The summed E-state index contributed by atoms with van der Waals surface area (Å²) in [7, 11) is 2.77. The van der Waals surface area contributed by atoms with Crippen LogP contribution in [0.3, 0.4) is 0 Å². The number of methoxy groups -OCH3 is 2. The third-order valence-corrected chi connectivity index (χ3v) is 8.34. The predicted octanol–water partition coefficient (Wildman–Crippen LogP) is 3.37. The van der Waals surface area contributed by atoms with Crippen molar-refractivity contribution in [3.8, 4) is 0 Å². The molecule has 2 fully saturated rings. The Balaban J connectivity index is 0.000000303. The Morgan fingerprint density at radius 3 is 1.50 bits per heavy atom. The summed E-state index contributed by atoms with van der Waals surface area (Å²) in [6, 6.07) is 0. The number of rotatable bonds is 4. The molecule has 2 aliphatic carbocycles. The molecule has 172 valence electrons. The number of hydrogen-bond donors (Lipinski definition) is 2. The molecule has 0 aliphatic heterocycles. The zero-order chi connectivity index (χ0) is 23.7. The number of hydrogen-bond acceptors (Lipinski definition) is 6. The highest BCUT2D eigenvalue weighted by molar-refractivity contribution is 5.82. The molecule has 0 aromatic heterocycles. The number of carboxylic acids is 2. The summed E-state index contributed by atoms with van der Waals surface area (Å²) in [5.41, 5.74) is -2.66. The molecule has 0 amide bonds. The minimum atomic E-state index is -0.921. The zero-order valence-electron chi connectivity index (χ0n) is 19.3. The molecular formula is C22H36O8. The Morgan fingerprint density at radius 1 is 0.733 bits per heavy atom. The fourth-order valence-electron chi connectivity index (χ4n) is 4.96. The molecule has 0 unspecified atom stereocenters. The van der Waals surface area contributed by atoms with Crippen LogP contribution in [0, 0.1) is 33.5 Å². The van der Waals surface area contributed by atoms with Gasteiger partial charge in [-0.15, -0.1) is 0 Å². The summed E-state index contributed by atoms with van der Waals surface area (Å²) < 4.78 is 9.63. The molecule has 0 bridgehead atoms. The van der Waals surface area contributed by atoms with Gasteiger partial charge in [0.25, 0.3) is 0 Å². The first kappa shape index (κ1) is 25.9. The normalized spacial score (nSPS) is 33.7. The quantitative estimate of drug-likeness (QED) is 0.653. The van der Waals surface area contributed by atoms with E-state index in [2.05, 4.69) is 0 Å². The second kappa shape index (κ2) is 8.55. The van der Waals surface area contributed by atoms with E-state index in [0.717, 1.165) is 0 Å². The van der Waals surface area contributed by atoms with Gasteiger partial charge in [0.05, 0.1) is 36.9 Å². The van der Waals surface area contributed by atoms with E-state index in [9.17, 15) is 19.2 Å². The minimum Gasteiger partial charge on any atom is -0.481 e. The van der Waals surface area contributed by atoms with E-state index in [0.29, 0.717) is 25.7 Å². The van der Waals surface area contributed by atoms with E-state index in [1.54, 1.807) is 20.8 Å². The predicted molar refractivity (Wildman–Crippen MR) is 109 cm³/mol. The molecule has 2 saturated carbocycles. The number of carbonyl (C=O) groups excluding carboxylic acids is 2. The van der Waals surface area contributed by atoms with Gasteiger partial charge in [0.2, 0.25) is 0 Å². The van der Waals surface area contributed by atoms with Gasteiger partial charge in [0.1, 0.15) is 0 Å². The van der Waals surface area contributed by atoms with Gasteiger partial charge in [-0.1, -0.05) is 27.7 Å². The number of ether oxygens (including phenoxy) is 2. The highest BCUT2D eigenvalue weighted by atomic mass is 16.5. The van der Waals surface area contributed by atoms with Crippen molar-refractivity contribution in [2.24, 2.45) is 33.5 Å². The first-order chi connectivity index (χ1) is 13.5. The van der Waals surface area contributed by atoms with Crippen LogP contribution in [-0.4, -0.2) is 48.3 Å². The average molecular weight is 429 g/mol. The molecule has 0 aromatic carbocycles. The van der Waals surface area contributed by atoms with Crippen molar-refractivity contribution in [2.45, 2.75) is 67.2 Å². The topological polar surface area (TPSA) is 127 Å². The van der Waals surface area contributed by atoms with Crippen LogP contribution in [0.15, 0.2) is 0 Å². The third kappa shape index (κ3) is 3.93. The molecule has 0 heterocycles. The first-order valence-corrected chi connectivity index (χ1v) is 10.2. The number of esters is 2. The van der Waals surface area contributed by atoms with Crippen LogP contribution in [0.1, 0.15) is 67.2 Å². The average Bonchev–Trinajstić information content (AvgIpc) is 3.05. The van der Waals surface area contributed by atoms with Gasteiger partial charge in [-0.2, -0.15) is 0 Å². The molecule has 0 aromatic rings. The minimum absolute atomic E-state index is 0.235. The second-order valence-corrected chi connectivity index (χ2v) is 9.95. The Bertz CT molecular complexity index is 710. The number of carbonyl (C=O) groups is 4. The lowest BCUT2D eigenvalue weighted by molar-refractivity contribution is -0.162. The van der Waals surface area contributed by atoms with Crippen LogP contribution >= 0.6 is 0 Å². The maximum Gasteiger partial charge on any atom is 0.312 e. The second-order valence-electron chi connectivity index (χ2n) is 9.95. The van der Waals surface area contributed by atoms with Gasteiger partial charge in [-0.3, -0.25) is 19.2 Å². The summed E-state index contributed by atoms with van der Waals surface area (Å²) >= 11 is 0. The molecular weight excluding hydrogens is 392 g/mol. The highest BCUT2D eigenvalue weighted by Crippen LogP contribution is 2.57. The Morgan fingerprint density at radius 2 is 1.17 bits per heavy atom. The lowest BCUT2D eigenvalue weighted by Crippen LogP contribution is -2.43. The summed E-state index contributed by atoms with van der Waals surface area (Å²) in [6.07, 6.45) is 2.22. The van der Waals surface area contributed by atoms with E-state index in [-0.39, 0.29) is 17.9 Å². The smallest absolute Gasteiger partial charge is 0.312 e. The molecule has 2 aliphatic rings. The van der Waals surface area contributed by atoms with Gasteiger partial charge >= 0.3 is 23.9 Å². The lowest BCUT2D eigenvalue weighted by atomic mass is 9.65. The van der Waals surface area contributed by atoms with E-state index < -0.39 is 39.5 Å². The monoisotopic (exact) mass is 428 g/mol. The van der Waals surface area contributed by atoms with Crippen LogP contribution in [0.5, 0.6) is 0 Å². The molecule has 8 heteroatoms. The van der Waals surface area contributed by atoms with Crippen LogP contribution in [0.4, 0.5) is 0 Å². The molecule has 0 saturated heterocycles. The van der Waals surface area contributed by atoms with Crippen molar-refractivity contribution >= 4 is 23.9 Å². The Kier molecular flexibility index (Phi) is 7.39. The molecule has 30 heavy (non-hydrogen) atoms. The third-order valence-electron chi connectivity index (χ3n) is 8.34. The molecule has 0 radical (unpaired) electrons. The van der Waals surface area contributed by atoms with Crippen molar-refractivity contribution in [2.75, 3.05) is 14.2 Å². The molecule has 2 N–H and O–H groups in total. The fourth-order valence-corrected chi connectivity index (χ4v) is 4.96. The lowest BCUT2D eigenvalue weighted by Gasteiger charge is -2.38. The van der Waals surface area contributed by atoms with Crippen molar-refractivity contribution in [1.82, 2.24) is 0 Å². The van der Waals surface area contributed by atoms with E-state index in [1.807, 2.05) is 20.8 Å². The summed E-state index contributed by atoms with van der Waals surface area (Å²) in [5.74, 6) is -3.06. The molecule has 2 rings (SSSR count). The molecule has 0 spiro atoms. The summed E-state index contributed by atoms with van der Waals surface area (Å²) in [6.45, 7) is 10.8. The van der Waals surface area contributed by atoms with Crippen molar-refractivity contribution in [3.63, 3.8) is 0 Å². The van der Waals surface area contributed by atoms with Gasteiger partial charge in [-0.25, -0.2) is 0 Å². The van der Waals surface area contributed by atoms with Crippen molar-refractivity contribution < 1.29 is 38.9 Å². The van der Waals surface area contributed by atoms with E-state index in [1.165, 1.54) is 14.2 Å². The van der Waals surface area contributed by atoms with Crippen LogP contribution < -0.4 is 0 Å². The SMILES string of the molecule is CC1(C)[C@H](C(=O)O)CC[C@]1(C)C(=O)O.COC(=O)[C@@H]1CC[C@](C)(C(=O)OC)C1(C)C.